The lowest BCUT2D eigenvalue weighted by Crippen LogP contribution is -2.39. The van der Waals surface area contributed by atoms with Gasteiger partial charge in [-0.3, -0.25) is 9.48 Å². The van der Waals surface area contributed by atoms with Crippen molar-refractivity contribution in [1.82, 2.24) is 15.1 Å². The second kappa shape index (κ2) is 6.90. The van der Waals surface area contributed by atoms with Gasteiger partial charge in [-0.2, -0.15) is 5.10 Å². The van der Waals surface area contributed by atoms with Crippen molar-refractivity contribution >= 4 is 5.91 Å². The number of aliphatic hydroxyl groups excluding tert-OH is 1. The van der Waals surface area contributed by atoms with E-state index in [1.807, 2.05) is 0 Å². The fourth-order valence-electron chi connectivity index (χ4n) is 2.01. The molecule has 0 bridgehead atoms. The topological polar surface area (TPSA) is 76.4 Å². The van der Waals surface area contributed by atoms with Gasteiger partial charge >= 0.3 is 0 Å². The lowest BCUT2D eigenvalue weighted by molar-refractivity contribution is -0.123. The lowest BCUT2D eigenvalue weighted by Gasteiger charge is -2.20. The molecule has 2 aromatic rings. The smallest absolute Gasteiger partial charge is 0.242 e. The Kier molecular flexibility index (Phi) is 4.94. The van der Waals surface area contributed by atoms with Crippen LogP contribution in [0.15, 0.2) is 42.7 Å². The highest BCUT2D eigenvalue weighted by molar-refractivity contribution is 5.76. The van der Waals surface area contributed by atoms with Crippen LogP contribution in [0.2, 0.25) is 0 Å². The average Bonchev–Trinajstić information content (AvgIpc) is 2.99. The Bertz CT molecular complexity index is 566. The third kappa shape index (κ3) is 4.06. The molecule has 2 rings (SSSR count). The molecule has 1 amide bonds. The second-order valence-electron chi connectivity index (χ2n) is 4.78. The standard InChI is InChI=1S/C15H19N3O3/c1-11(17-14(19)10-18-9-3-8-16-18)15(20)12-4-6-13(21-2)7-5-12/h3-9,11,15,20H,10H2,1-2H3,(H,17,19). The third-order valence-corrected chi connectivity index (χ3v) is 3.18. The number of hydrogen-bond donors (Lipinski definition) is 2. The maximum absolute atomic E-state index is 11.9. The third-order valence-electron chi connectivity index (χ3n) is 3.18. The van der Waals surface area contributed by atoms with E-state index >= 15 is 0 Å². The molecule has 1 aromatic heterocycles. The molecule has 0 fully saturated rings. The fourth-order valence-corrected chi connectivity index (χ4v) is 2.01. The molecule has 6 heteroatoms. The van der Waals surface area contributed by atoms with Crippen LogP contribution in [0.25, 0.3) is 0 Å². The molecule has 0 aliphatic heterocycles. The van der Waals surface area contributed by atoms with Crippen molar-refractivity contribution in [3.63, 3.8) is 0 Å². The first kappa shape index (κ1) is 15.1. The Balaban J connectivity index is 1.91. The number of nitrogens with zero attached hydrogens (tertiary/aromatic N) is 2. The Hall–Kier alpha value is -2.34. The first-order valence-corrected chi connectivity index (χ1v) is 6.69. The summed E-state index contributed by atoms with van der Waals surface area (Å²) in [5.74, 6) is 0.528. The van der Waals surface area contributed by atoms with Crippen LogP contribution < -0.4 is 10.1 Å². The minimum Gasteiger partial charge on any atom is -0.497 e. The van der Waals surface area contributed by atoms with Gasteiger partial charge in [0.25, 0.3) is 0 Å². The molecular formula is C15H19N3O3. The van der Waals surface area contributed by atoms with E-state index in [9.17, 15) is 9.90 Å². The molecule has 0 saturated carbocycles. The van der Waals surface area contributed by atoms with Gasteiger partial charge in [-0.25, -0.2) is 0 Å². The number of methoxy groups -OCH3 is 1. The average molecular weight is 289 g/mol. The molecule has 0 aliphatic rings. The number of benzene rings is 1. The quantitative estimate of drug-likeness (QED) is 0.836. The Morgan fingerprint density at radius 3 is 2.71 bits per heavy atom. The fraction of sp³-hybridized carbons (Fsp3) is 0.333. The molecule has 1 heterocycles. The Labute approximate surface area is 123 Å². The summed E-state index contributed by atoms with van der Waals surface area (Å²) in [5.41, 5.74) is 0.725. The summed E-state index contributed by atoms with van der Waals surface area (Å²) < 4.78 is 6.60. The summed E-state index contributed by atoms with van der Waals surface area (Å²) in [6.07, 6.45) is 2.55. The van der Waals surface area contributed by atoms with Gasteiger partial charge in [-0.1, -0.05) is 12.1 Å². The molecule has 6 nitrogen and oxygen atoms in total. The highest BCUT2D eigenvalue weighted by atomic mass is 16.5. The highest BCUT2D eigenvalue weighted by Crippen LogP contribution is 2.20. The van der Waals surface area contributed by atoms with Gasteiger partial charge in [0.15, 0.2) is 0 Å². The van der Waals surface area contributed by atoms with Crippen molar-refractivity contribution in [2.45, 2.75) is 25.6 Å². The van der Waals surface area contributed by atoms with Crippen molar-refractivity contribution in [3.05, 3.63) is 48.3 Å². The van der Waals surface area contributed by atoms with E-state index in [1.54, 1.807) is 56.8 Å². The number of hydrogen-bond acceptors (Lipinski definition) is 4. The van der Waals surface area contributed by atoms with Gasteiger partial charge in [0.1, 0.15) is 12.3 Å². The van der Waals surface area contributed by atoms with Gasteiger partial charge in [0, 0.05) is 12.4 Å². The van der Waals surface area contributed by atoms with E-state index in [0.29, 0.717) is 0 Å². The van der Waals surface area contributed by atoms with Crippen LogP contribution in [0.1, 0.15) is 18.6 Å². The molecule has 0 aliphatic carbocycles. The summed E-state index contributed by atoms with van der Waals surface area (Å²) in [5, 5.41) is 17.0. The van der Waals surface area contributed by atoms with Crippen LogP contribution in [0, 0.1) is 0 Å². The molecule has 112 valence electrons. The maximum Gasteiger partial charge on any atom is 0.242 e. The monoisotopic (exact) mass is 289 g/mol. The molecule has 2 N–H and O–H groups in total. The minimum atomic E-state index is -0.780. The summed E-state index contributed by atoms with van der Waals surface area (Å²) in [4.78, 5) is 11.9. The highest BCUT2D eigenvalue weighted by Gasteiger charge is 2.18. The van der Waals surface area contributed by atoms with E-state index in [-0.39, 0.29) is 12.5 Å². The summed E-state index contributed by atoms with van der Waals surface area (Å²) in [6.45, 7) is 1.89. The van der Waals surface area contributed by atoms with Crippen molar-refractivity contribution in [1.29, 1.82) is 0 Å². The van der Waals surface area contributed by atoms with Crippen LogP contribution >= 0.6 is 0 Å². The summed E-state index contributed by atoms with van der Waals surface area (Å²) in [7, 11) is 1.59. The minimum absolute atomic E-state index is 0.132. The van der Waals surface area contributed by atoms with E-state index in [4.69, 9.17) is 4.74 Å². The number of ether oxygens (including phenoxy) is 1. The van der Waals surface area contributed by atoms with Gasteiger partial charge in [-0.15, -0.1) is 0 Å². The zero-order chi connectivity index (χ0) is 15.2. The van der Waals surface area contributed by atoms with E-state index in [1.165, 1.54) is 4.68 Å². The molecule has 1 aromatic carbocycles. The van der Waals surface area contributed by atoms with Gasteiger partial charge in [0.05, 0.1) is 19.3 Å². The van der Waals surface area contributed by atoms with Crippen molar-refractivity contribution in [2.24, 2.45) is 0 Å². The Morgan fingerprint density at radius 2 is 2.14 bits per heavy atom. The molecule has 2 atom stereocenters. The first-order chi connectivity index (χ1) is 10.1. The second-order valence-corrected chi connectivity index (χ2v) is 4.78. The number of aromatic nitrogens is 2. The van der Waals surface area contributed by atoms with E-state index in [2.05, 4.69) is 10.4 Å². The zero-order valence-electron chi connectivity index (χ0n) is 12.1. The van der Waals surface area contributed by atoms with E-state index < -0.39 is 12.1 Å². The Morgan fingerprint density at radius 1 is 1.43 bits per heavy atom. The van der Waals surface area contributed by atoms with E-state index in [0.717, 1.165) is 11.3 Å². The number of rotatable bonds is 6. The van der Waals surface area contributed by atoms with Crippen molar-refractivity contribution in [3.8, 4) is 5.75 Å². The lowest BCUT2D eigenvalue weighted by atomic mass is 10.0. The van der Waals surface area contributed by atoms with Crippen LogP contribution in [0.4, 0.5) is 0 Å². The molecular weight excluding hydrogens is 270 g/mol. The van der Waals surface area contributed by atoms with Crippen molar-refractivity contribution in [2.75, 3.05) is 7.11 Å². The number of nitrogens with one attached hydrogen (secondary N) is 1. The van der Waals surface area contributed by atoms with Crippen molar-refractivity contribution < 1.29 is 14.6 Å². The predicted octanol–water partition coefficient (Wildman–Crippen LogP) is 1.13. The SMILES string of the molecule is COc1ccc(C(O)C(C)NC(=O)Cn2cccn2)cc1. The number of carbonyl (C=O) groups is 1. The summed E-state index contributed by atoms with van der Waals surface area (Å²) >= 11 is 0. The van der Waals surface area contributed by atoms with Crippen LogP contribution in [0.5, 0.6) is 5.75 Å². The van der Waals surface area contributed by atoms with Gasteiger partial charge in [0.2, 0.25) is 5.91 Å². The number of aliphatic hydroxyl groups is 1. The van der Waals surface area contributed by atoms with Gasteiger partial charge < -0.3 is 15.2 Å². The van der Waals surface area contributed by atoms with Crippen LogP contribution in [-0.4, -0.2) is 33.9 Å². The molecule has 0 spiro atoms. The number of carbonyl (C=O) groups excluding carboxylic acids is 1. The predicted molar refractivity (Wildman–Crippen MR) is 77.8 cm³/mol. The maximum atomic E-state index is 11.9. The molecule has 2 unspecified atom stereocenters. The summed E-state index contributed by atoms with van der Waals surface area (Å²) in [6, 6.07) is 8.46. The molecule has 0 radical (unpaired) electrons. The normalized spacial score (nSPS) is 13.5. The van der Waals surface area contributed by atoms with Gasteiger partial charge in [-0.05, 0) is 30.7 Å². The van der Waals surface area contributed by atoms with Crippen LogP contribution in [-0.2, 0) is 11.3 Å². The van der Waals surface area contributed by atoms with Crippen LogP contribution in [0.3, 0.4) is 0 Å². The molecule has 0 saturated heterocycles. The number of amides is 1. The molecule has 21 heavy (non-hydrogen) atoms. The first-order valence-electron chi connectivity index (χ1n) is 6.69. The zero-order valence-corrected chi connectivity index (χ0v) is 12.1. The largest absolute Gasteiger partial charge is 0.497 e.